The Morgan fingerprint density at radius 2 is 1.96 bits per heavy atom. The Labute approximate surface area is 131 Å². The van der Waals surface area contributed by atoms with Crippen molar-refractivity contribution in [3.63, 3.8) is 0 Å². The third-order valence-corrected chi connectivity index (χ3v) is 3.65. The van der Waals surface area contributed by atoms with Crippen molar-refractivity contribution in [2.24, 2.45) is 0 Å². The van der Waals surface area contributed by atoms with Gasteiger partial charge in [-0.15, -0.1) is 10.2 Å². The largest absolute Gasteiger partial charge is 0.280 e. The van der Waals surface area contributed by atoms with Crippen molar-refractivity contribution in [3.8, 4) is 17.1 Å². The van der Waals surface area contributed by atoms with Crippen LogP contribution in [-0.4, -0.2) is 29.4 Å². The van der Waals surface area contributed by atoms with Crippen molar-refractivity contribution >= 4 is 5.65 Å². The van der Waals surface area contributed by atoms with E-state index in [1.165, 1.54) is 12.1 Å². The van der Waals surface area contributed by atoms with E-state index in [4.69, 9.17) is 0 Å². The van der Waals surface area contributed by atoms with Crippen LogP contribution in [0.25, 0.3) is 22.7 Å². The van der Waals surface area contributed by atoms with Gasteiger partial charge in [-0.25, -0.2) is 9.07 Å². The predicted octanol–water partition coefficient (Wildman–Crippen LogP) is 2.73. The number of hydrogen-bond donors (Lipinski definition) is 0. The first kappa shape index (κ1) is 13.6. The molecule has 0 spiro atoms. The molecular formula is C16H13FN6. The van der Waals surface area contributed by atoms with Gasteiger partial charge in [0.25, 0.3) is 0 Å². The lowest BCUT2D eigenvalue weighted by atomic mass is 10.1. The van der Waals surface area contributed by atoms with Gasteiger partial charge in [-0.1, -0.05) is 0 Å². The Morgan fingerprint density at radius 1 is 1.09 bits per heavy atom. The number of aryl methyl sites for hydroxylation is 2. The number of fused-ring (bicyclic) bond motifs is 1. The topological polar surface area (TPSA) is 60.9 Å². The van der Waals surface area contributed by atoms with E-state index < -0.39 is 0 Å². The summed E-state index contributed by atoms with van der Waals surface area (Å²) in [5, 5.41) is 12.8. The van der Waals surface area contributed by atoms with Gasteiger partial charge in [-0.2, -0.15) is 5.10 Å². The van der Waals surface area contributed by atoms with Gasteiger partial charge >= 0.3 is 0 Å². The number of rotatable bonds is 2. The molecule has 0 radical (unpaired) electrons. The molecule has 0 aliphatic heterocycles. The smallest absolute Gasteiger partial charge is 0.179 e. The first-order valence-electron chi connectivity index (χ1n) is 7.12. The Morgan fingerprint density at radius 3 is 2.74 bits per heavy atom. The maximum Gasteiger partial charge on any atom is 0.179 e. The van der Waals surface area contributed by atoms with Crippen molar-refractivity contribution in [2.75, 3.05) is 0 Å². The van der Waals surface area contributed by atoms with E-state index in [0.29, 0.717) is 17.0 Å². The zero-order chi connectivity index (χ0) is 16.0. The fraction of sp³-hybridized carbons (Fsp3) is 0.125. The van der Waals surface area contributed by atoms with Gasteiger partial charge < -0.3 is 0 Å². The molecule has 0 N–H and O–H groups in total. The van der Waals surface area contributed by atoms with Gasteiger partial charge in [0.2, 0.25) is 0 Å². The molecule has 7 heteroatoms. The number of nitrogens with zero attached hydrogens (tertiary/aromatic N) is 6. The van der Waals surface area contributed by atoms with E-state index in [1.807, 2.05) is 19.9 Å². The van der Waals surface area contributed by atoms with Crippen molar-refractivity contribution in [1.82, 2.24) is 29.4 Å². The molecule has 0 aliphatic carbocycles. The molecule has 0 bridgehead atoms. The van der Waals surface area contributed by atoms with E-state index in [2.05, 4.69) is 20.3 Å². The van der Waals surface area contributed by atoms with Crippen molar-refractivity contribution in [3.05, 3.63) is 60.1 Å². The molecule has 0 amide bonds. The maximum atomic E-state index is 13.9. The highest BCUT2D eigenvalue weighted by Crippen LogP contribution is 2.27. The Balaban J connectivity index is 2.02. The van der Waals surface area contributed by atoms with Crippen LogP contribution in [0, 0.1) is 19.7 Å². The minimum atomic E-state index is -0.337. The molecule has 6 nitrogen and oxygen atoms in total. The summed E-state index contributed by atoms with van der Waals surface area (Å²) in [7, 11) is 0. The summed E-state index contributed by atoms with van der Waals surface area (Å²) in [4.78, 5) is 4.02. The van der Waals surface area contributed by atoms with Crippen LogP contribution in [0.5, 0.6) is 0 Å². The molecule has 4 rings (SSSR count). The quantitative estimate of drug-likeness (QED) is 0.571. The minimum absolute atomic E-state index is 0.337. The van der Waals surface area contributed by atoms with Crippen LogP contribution in [0.2, 0.25) is 0 Å². The summed E-state index contributed by atoms with van der Waals surface area (Å²) < 4.78 is 17.4. The lowest BCUT2D eigenvalue weighted by Gasteiger charge is -2.10. The van der Waals surface area contributed by atoms with Crippen LogP contribution in [0.4, 0.5) is 4.39 Å². The van der Waals surface area contributed by atoms with Gasteiger partial charge in [0.05, 0.1) is 17.6 Å². The summed E-state index contributed by atoms with van der Waals surface area (Å²) in [5.74, 6) is 0.209. The molecule has 114 valence electrons. The third-order valence-electron chi connectivity index (χ3n) is 3.65. The second-order valence-electron chi connectivity index (χ2n) is 5.33. The van der Waals surface area contributed by atoms with Crippen LogP contribution >= 0.6 is 0 Å². The lowest BCUT2D eigenvalue weighted by Crippen LogP contribution is -2.03. The number of hydrogen-bond acceptors (Lipinski definition) is 4. The summed E-state index contributed by atoms with van der Waals surface area (Å²) in [6.07, 6.45) is 5.00. The average Bonchev–Trinajstić information content (AvgIpc) is 3.10. The zero-order valence-corrected chi connectivity index (χ0v) is 12.6. The van der Waals surface area contributed by atoms with Crippen molar-refractivity contribution < 1.29 is 4.39 Å². The second-order valence-corrected chi connectivity index (χ2v) is 5.33. The summed E-state index contributed by atoms with van der Waals surface area (Å²) in [6, 6.07) is 6.54. The molecule has 4 aromatic rings. The van der Waals surface area contributed by atoms with Crippen LogP contribution < -0.4 is 0 Å². The lowest BCUT2D eigenvalue weighted by molar-refractivity contribution is 0.627. The molecule has 0 aliphatic rings. The summed E-state index contributed by atoms with van der Waals surface area (Å²) >= 11 is 0. The SMILES string of the molecule is Cc1cc(C)n(-c2ccc(F)cc2-c2nnc3cnccn23)n1. The minimum Gasteiger partial charge on any atom is -0.280 e. The predicted molar refractivity (Wildman–Crippen MR) is 82.8 cm³/mol. The third kappa shape index (κ3) is 2.17. The molecule has 3 heterocycles. The number of aromatic nitrogens is 6. The standard InChI is InChI=1S/C16H13FN6/c1-10-7-11(2)23(21-10)14-4-3-12(17)8-13(14)16-20-19-15-9-18-5-6-22(15)16/h3-9H,1-2H3. The molecular weight excluding hydrogens is 295 g/mol. The second kappa shape index (κ2) is 4.98. The highest BCUT2D eigenvalue weighted by molar-refractivity contribution is 5.69. The van der Waals surface area contributed by atoms with E-state index in [0.717, 1.165) is 17.1 Å². The van der Waals surface area contributed by atoms with Crippen LogP contribution in [-0.2, 0) is 0 Å². The average molecular weight is 308 g/mol. The fourth-order valence-corrected chi connectivity index (χ4v) is 2.68. The molecule has 0 fully saturated rings. The van der Waals surface area contributed by atoms with Crippen LogP contribution in [0.1, 0.15) is 11.4 Å². The highest BCUT2D eigenvalue weighted by atomic mass is 19.1. The van der Waals surface area contributed by atoms with Crippen molar-refractivity contribution in [2.45, 2.75) is 13.8 Å². The monoisotopic (exact) mass is 308 g/mol. The fourth-order valence-electron chi connectivity index (χ4n) is 2.68. The van der Waals surface area contributed by atoms with E-state index in [1.54, 1.807) is 33.7 Å². The molecule has 0 atom stereocenters. The van der Waals surface area contributed by atoms with Gasteiger partial charge in [0, 0.05) is 23.7 Å². The van der Waals surface area contributed by atoms with Gasteiger partial charge in [-0.3, -0.25) is 9.38 Å². The normalized spacial score (nSPS) is 11.3. The van der Waals surface area contributed by atoms with Gasteiger partial charge in [-0.05, 0) is 38.1 Å². The van der Waals surface area contributed by atoms with Crippen LogP contribution in [0.15, 0.2) is 42.9 Å². The number of benzene rings is 1. The molecule has 0 unspecified atom stereocenters. The Kier molecular flexibility index (Phi) is 2.94. The summed E-state index contributed by atoms with van der Waals surface area (Å²) in [5.41, 5.74) is 3.84. The van der Waals surface area contributed by atoms with Gasteiger partial charge in [0.1, 0.15) is 5.82 Å². The molecule has 23 heavy (non-hydrogen) atoms. The van der Waals surface area contributed by atoms with E-state index >= 15 is 0 Å². The van der Waals surface area contributed by atoms with Crippen LogP contribution in [0.3, 0.4) is 0 Å². The first-order valence-corrected chi connectivity index (χ1v) is 7.12. The van der Waals surface area contributed by atoms with E-state index in [9.17, 15) is 4.39 Å². The Hall–Kier alpha value is -3.09. The van der Waals surface area contributed by atoms with Gasteiger partial charge in [0.15, 0.2) is 11.5 Å². The Bertz CT molecular complexity index is 1020. The summed E-state index contributed by atoms with van der Waals surface area (Å²) in [6.45, 7) is 3.88. The molecule has 0 saturated heterocycles. The number of halogens is 1. The maximum absolute atomic E-state index is 13.9. The molecule has 0 saturated carbocycles. The zero-order valence-electron chi connectivity index (χ0n) is 12.6. The molecule has 1 aromatic carbocycles. The van der Waals surface area contributed by atoms with Crippen molar-refractivity contribution in [1.29, 1.82) is 0 Å². The highest BCUT2D eigenvalue weighted by Gasteiger charge is 2.16. The molecule has 3 aromatic heterocycles. The first-order chi connectivity index (χ1) is 11.1. The van der Waals surface area contributed by atoms with E-state index in [-0.39, 0.29) is 5.82 Å².